The summed E-state index contributed by atoms with van der Waals surface area (Å²) in [4.78, 5) is 24.5. The minimum Gasteiger partial charge on any atom is -0.348 e. The molecule has 0 aliphatic carbocycles. The predicted octanol–water partition coefficient (Wildman–Crippen LogP) is 2.12. The number of nitrogens with zero attached hydrogens (tertiary/aromatic N) is 2. The Kier molecular flexibility index (Phi) is 3.19. The molecule has 0 bridgehead atoms. The normalized spacial score (nSPS) is 10.6. The molecule has 2 rings (SSSR count). The maximum absolute atomic E-state index is 11.9. The molecule has 0 spiro atoms. The summed E-state index contributed by atoms with van der Waals surface area (Å²) < 4.78 is 1.97. The van der Waals surface area contributed by atoms with Crippen molar-refractivity contribution in [3.05, 3.63) is 30.5 Å². The Hall–Kier alpha value is -2.10. The number of para-hydroxylation sites is 1. The van der Waals surface area contributed by atoms with Crippen LogP contribution in [0.3, 0.4) is 0 Å². The SMILES string of the molecule is CC(=O)CC(=O)N(C)c1cn(C)c2ccccc12. The Morgan fingerprint density at radius 2 is 1.94 bits per heavy atom. The Labute approximate surface area is 106 Å². The van der Waals surface area contributed by atoms with E-state index in [0.717, 1.165) is 16.6 Å². The maximum Gasteiger partial charge on any atom is 0.234 e. The topological polar surface area (TPSA) is 42.3 Å². The summed E-state index contributed by atoms with van der Waals surface area (Å²) >= 11 is 0. The van der Waals surface area contributed by atoms with Gasteiger partial charge in [0.05, 0.1) is 12.1 Å². The fourth-order valence-electron chi connectivity index (χ4n) is 2.05. The molecule has 0 saturated carbocycles. The van der Waals surface area contributed by atoms with Gasteiger partial charge in [0.1, 0.15) is 5.78 Å². The van der Waals surface area contributed by atoms with Crippen molar-refractivity contribution in [2.75, 3.05) is 11.9 Å². The summed E-state index contributed by atoms with van der Waals surface area (Å²) in [5.74, 6) is -0.300. The van der Waals surface area contributed by atoms with Gasteiger partial charge in [0.15, 0.2) is 0 Å². The highest BCUT2D eigenvalue weighted by atomic mass is 16.2. The molecule has 1 aromatic heterocycles. The highest BCUT2D eigenvalue weighted by molar-refractivity contribution is 6.08. The molecule has 0 radical (unpaired) electrons. The van der Waals surface area contributed by atoms with Gasteiger partial charge in [-0.15, -0.1) is 0 Å². The predicted molar refractivity (Wildman–Crippen MR) is 71.6 cm³/mol. The number of Topliss-reactive ketones (excluding diaryl/α,β-unsaturated/α-hetero) is 1. The lowest BCUT2D eigenvalue weighted by Crippen LogP contribution is -2.27. The van der Waals surface area contributed by atoms with Crippen LogP contribution in [0.4, 0.5) is 5.69 Å². The van der Waals surface area contributed by atoms with Crippen LogP contribution in [-0.2, 0) is 16.6 Å². The van der Waals surface area contributed by atoms with Crippen molar-refractivity contribution in [2.24, 2.45) is 7.05 Å². The maximum atomic E-state index is 11.9. The summed E-state index contributed by atoms with van der Waals surface area (Å²) in [7, 11) is 3.64. The van der Waals surface area contributed by atoms with Gasteiger partial charge in [0, 0.05) is 31.2 Å². The van der Waals surface area contributed by atoms with Crippen LogP contribution < -0.4 is 4.90 Å². The number of rotatable bonds is 3. The Morgan fingerprint density at radius 1 is 1.28 bits per heavy atom. The quantitative estimate of drug-likeness (QED) is 0.776. The number of benzene rings is 1. The second-order valence-corrected chi connectivity index (χ2v) is 4.47. The summed E-state index contributed by atoms with van der Waals surface area (Å²) in [5, 5.41) is 1.01. The van der Waals surface area contributed by atoms with Crippen molar-refractivity contribution in [1.29, 1.82) is 0 Å². The summed E-state index contributed by atoms with van der Waals surface area (Å²) in [6.45, 7) is 1.43. The third-order valence-corrected chi connectivity index (χ3v) is 3.01. The second-order valence-electron chi connectivity index (χ2n) is 4.47. The molecular formula is C14H16N2O2. The van der Waals surface area contributed by atoms with Crippen molar-refractivity contribution >= 4 is 28.3 Å². The number of fused-ring (bicyclic) bond motifs is 1. The molecule has 1 aromatic carbocycles. The van der Waals surface area contributed by atoms with Crippen molar-refractivity contribution in [3.63, 3.8) is 0 Å². The Bertz CT molecular complexity index is 613. The first-order valence-electron chi connectivity index (χ1n) is 5.80. The van der Waals surface area contributed by atoms with Crippen LogP contribution in [-0.4, -0.2) is 23.3 Å². The molecular weight excluding hydrogens is 228 g/mol. The molecule has 1 heterocycles. The highest BCUT2D eigenvalue weighted by Gasteiger charge is 2.17. The number of hydrogen-bond acceptors (Lipinski definition) is 2. The van der Waals surface area contributed by atoms with Gasteiger partial charge in [-0.2, -0.15) is 0 Å². The molecule has 4 nitrogen and oxygen atoms in total. The van der Waals surface area contributed by atoms with E-state index < -0.39 is 0 Å². The smallest absolute Gasteiger partial charge is 0.234 e. The summed E-state index contributed by atoms with van der Waals surface area (Å²) in [5.41, 5.74) is 1.90. The van der Waals surface area contributed by atoms with E-state index in [2.05, 4.69) is 0 Å². The number of carbonyl (C=O) groups is 2. The van der Waals surface area contributed by atoms with Crippen LogP contribution in [0.25, 0.3) is 10.9 Å². The monoisotopic (exact) mass is 244 g/mol. The molecule has 0 N–H and O–H groups in total. The molecule has 18 heavy (non-hydrogen) atoms. The minimum atomic E-state index is -0.182. The van der Waals surface area contributed by atoms with Crippen LogP contribution in [0.1, 0.15) is 13.3 Å². The lowest BCUT2D eigenvalue weighted by Gasteiger charge is -2.15. The molecule has 0 saturated heterocycles. The van der Waals surface area contributed by atoms with Crippen LogP contribution in [0.2, 0.25) is 0 Å². The number of aromatic nitrogens is 1. The van der Waals surface area contributed by atoms with Crippen LogP contribution in [0.15, 0.2) is 30.5 Å². The highest BCUT2D eigenvalue weighted by Crippen LogP contribution is 2.27. The Balaban J connectivity index is 2.42. The van der Waals surface area contributed by atoms with Crippen LogP contribution >= 0.6 is 0 Å². The van der Waals surface area contributed by atoms with Gasteiger partial charge in [0.2, 0.25) is 5.91 Å². The van der Waals surface area contributed by atoms with E-state index >= 15 is 0 Å². The molecule has 0 unspecified atom stereocenters. The molecule has 0 fully saturated rings. The molecule has 94 valence electrons. The summed E-state index contributed by atoms with van der Waals surface area (Å²) in [6, 6.07) is 7.88. The average molecular weight is 244 g/mol. The molecule has 0 aliphatic heterocycles. The largest absolute Gasteiger partial charge is 0.348 e. The molecule has 1 amide bonds. The van der Waals surface area contributed by atoms with Gasteiger partial charge in [0.25, 0.3) is 0 Å². The molecule has 0 atom stereocenters. The number of carbonyl (C=O) groups excluding carboxylic acids is 2. The van der Waals surface area contributed by atoms with Gasteiger partial charge in [-0.3, -0.25) is 9.59 Å². The zero-order valence-corrected chi connectivity index (χ0v) is 10.8. The van der Waals surface area contributed by atoms with Gasteiger partial charge < -0.3 is 9.47 Å². The van der Waals surface area contributed by atoms with Crippen molar-refractivity contribution in [1.82, 2.24) is 4.57 Å². The van der Waals surface area contributed by atoms with E-state index in [1.165, 1.54) is 6.92 Å². The fourth-order valence-corrected chi connectivity index (χ4v) is 2.05. The first-order valence-corrected chi connectivity index (χ1v) is 5.80. The average Bonchev–Trinajstić information content (AvgIpc) is 2.66. The second kappa shape index (κ2) is 4.64. The summed E-state index contributed by atoms with van der Waals surface area (Å²) in [6.07, 6.45) is 1.85. The molecule has 2 aromatic rings. The van der Waals surface area contributed by atoms with Gasteiger partial charge in [-0.1, -0.05) is 18.2 Å². The van der Waals surface area contributed by atoms with Gasteiger partial charge in [-0.05, 0) is 13.0 Å². The number of amides is 1. The zero-order valence-electron chi connectivity index (χ0n) is 10.8. The fraction of sp³-hybridized carbons (Fsp3) is 0.286. The molecule has 4 heteroatoms. The number of hydrogen-bond donors (Lipinski definition) is 0. The first-order chi connectivity index (χ1) is 8.50. The third kappa shape index (κ3) is 2.14. The lowest BCUT2D eigenvalue weighted by molar-refractivity contribution is -0.125. The number of ketones is 1. The standard InChI is InChI=1S/C14H16N2O2/c1-10(17)8-14(18)16(3)13-9-15(2)12-7-5-4-6-11(12)13/h4-7,9H,8H2,1-3H3. The van der Waals surface area contributed by atoms with Crippen LogP contribution in [0, 0.1) is 0 Å². The van der Waals surface area contributed by atoms with E-state index in [9.17, 15) is 9.59 Å². The lowest BCUT2D eigenvalue weighted by atomic mass is 10.2. The van der Waals surface area contributed by atoms with Crippen LogP contribution in [0.5, 0.6) is 0 Å². The van der Waals surface area contributed by atoms with Crippen molar-refractivity contribution < 1.29 is 9.59 Å². The van der Waals surface area contributed by atoms with Gasteiger partial charge >= 0.3 is 0 Å². The van der Waals surface area contributed by atoms with E-state index in [0.29, 0.717) is 0 Å². The van der Waals surface area contributed by atoms with Crippen molar-refractivity contribution in [2.45, 2.75) is 13.3 Å². The number of anilines is 1. The van der Waals surface area contributed by atoms with Gasteiger partial charge in [-0.25, -0.2) is 0 Å². The zero-order chi connectivity index (χ0) is 13.3. The Morgan fingerprint density at radius 3 is 2.61 bits per heavy atom. The number of aryl methyl sites for hydroxylation is 1. The van der Waals surface area contributed by atoms with E-state index in [1.54, 1.807) is 11.9 Å². The van der Waals surface area contributed by atoms with E-state index in [1.807, 2.05) is 42.1 Å². The third-order valence-electron chi connectivity index (χ3n) is 3.01. The van der Waals surface area contributed by atoms with E-state index in [-0.39, 0.29) is 18.1 Å². The minimum absolute atomic E-state index is 0.0558. The van der Waals surface area contributed by atoms with E-state index in [4.69, 9.17) is 0 Å². The first kappa shape index (κ1) is 12.4. The molecule has 0 aliphatic rings. The van der Waals surface area contributed by atoms with Crippen molar-refractivity contribution in [3.8, 4) is 0 Å².